The molecule has 0 radical (unpaired) electrons. The molecule has 4 aromatic rings. The number of hydrogen-bond acceptors (Lipinski definition) is 4. The summed E-state index contributed by atoms with van der Waals surface area (Å²) in [6.07, 6.45) is 0.868. The van der Waals surface area contributed by atoms with E-state index in [1.165, 1.54) is 17.3 Å². The molecule has 0 atom stereocenters. The topological polar surface area (TPSA) is 59.8 Å². The number of anilines is 1. The summed E-state index contributed by atoms with van der Waals surface area (Å²) in [5, 5.41) is 12.6. The maximum atomic E-state index is 12.8. The smallest absolute Gasteiger partial charge is 0.234 e. The highest BCUT2D eigenvalue weighted by atomic mass is 32.2. The lowest BCUT2D eigenvalue weighted by atomic mass is 10.1. The third-order valence-electron chi connectivity index (χ3n) is 5.29. The van der Waals surface area contributed by atoms with Gasteiger partial charge in [0.25, 0.3) is 0 Å². The van der Waals surface area contributed by atoms with Crippen LogP contribution >= 0.6 is 11.8 Å². The van der Waals surface area contributed by atoms with Gasteiger partial charge in [0.1, 0.15) is 0 Å². The van der Waals surface area contributed by atoms with E-state index in [4.69, 9.17) is 0 Å². The molecule has 1 N–H and O–H groups in total. The highest BCUT2D eigenvalue weighted by molar-refractivity contribution is 7.99. The molecular weight excluding hydrogens is 416 g/mol. The van der Waals surface area contributed by atoms with E-state index in [0.717, 1.165) is 40.3 Å². The van der Waals surface area contributed by atoms with Crippen molar-refractivity contribution in [1.29, 1.82) is 0 Å². The molecule has 0 aliphatic carbocycles. The van der Waals surface area contributed by atoms with Crippen molar-refractivity contribution in [3.05, 3.63) is 89.5 Å². The highest BCUT2D eigenvalue weighted by Gasteiger charge is 2.18. The minimum Gasteiger partial charge on any atom is -0.325 e. The number of carbonyl (C=O) groups is 1. The van der Waals surface area contributed by atoms with E-state index < -0.39 is 0 Å². The van der Waals surface area contributed by atoms with E-state index in [-0.39, 0.29) is 11.7 Å². The molecule has 0 unspecified atom stereocenters. The van der Waals surface area contributed by atoms with E-state index in [1.54, 1.807) is 0 Å². The lowest BCUT2D eigenvalue weighted by Gasteiger charge is -2.13. The van der Waals surface area contributed by atoms with Gasteiger partial charge in [-0.2, -0.15) is 0 Å². The quantitative estimate of drug-likeness (QED) is 0.365. The summed E-state index contributed by atoms with van der Waals surface area (Å²) in [5.74, 6) is 0.945. The summed E-state index contributed by atoms with van der Waals surface area (Å²) in [7, 11) is 0. The molecule has 0 spiro atoms. The summed E-state index contributed by atoms with van der Waals surface area (Å²) in [6.45, 7) is 6.17. The van der Waals surface area contributed by atoms with E-state index in [0.29, 0.717) is 5.16 Å². The number of nitrogens with one attached hydrogen (secondary N) is 1. The van der Waals surface area contributed by atoms with E-state index >= 15 is 0 Å². The zero-order chi connectivity index (χ0) is 22.5. The van der Waals surface area contributed by atoms with Crippen molar-refractivity contribution in [3.8, 4) is 17.1 Å². The number of benzene rings is 3. The SMILES string of the molecule is CCc1cccc(C)c1NC(=O)CSc1nnc(-c2ccc(C)cc2)n1-c1ccccc1. The number of hydrogen-bond donors (Lipinski definition) is 1. The van der Waals surface area contributed by atoms with Gasteiger partial charge in [0.15, 0.2) is 11.0 Å². The number of amides is 1. The Labute approximate surface area is 192 Å². The highest BCUT2D eigenvalue weighted by Crippen LogP contribution is 2.28. The van der Waals surface area contributed by atoms with Gasteiger partial charge >= 0.3 is 0 Å². The Morgan fingerprint density at radius 1 is 0.938 bits per heavy atom. The van der Waals surface area contributed by atoms with Crippen LogP contribution in [0.15, 0.2) is 78.0 Å². The standard InChI is InChI=1S/C26H26N4OS/c1-4-20-10-8-9-19(3)24(20)27-23(31)17-32-26-29-28-25(21-15-13-18(2)14-16-21)30(26)22-11-6-5-7-12-22/h5-16H,4,17H2,1-3H3,(H,27,31). The van der Waals surface area contributed by atoms with Crippen molar-refractivity contribution < 1.29 is 4.79 Å². The number of rotatable bonds is 7. The van der Waals surface area contributed by atoms with Crippen LogP contribution in [-0.2, 0) is 11.2 Å². The average molecular weight is 443 g/mol. The van der Waals surface area contributed by atoms with Gasteiger partial charge in [-0.25, -0.2) is 0 Å². The monoisotopic (exact) mass is 442 g/mol. The summed E-state index contributed by atoms with van der Waals surface area (Å²) < 4.78 is 2.01. The molecule has 3 aromatic carbocycles. The third kappa shape index (κ3) is 4.75. The minimum atomic E-state index is -0.0569. The second-order valence-electron chi connectivity index (χ2n) is 7.64. The van der Waals surface area contributed by atoms with Crippen LogP contribution in [0.2, 0.25) is 0 Å². The number of aryl methyl sites for hydroxylation is 3. The van der Waals surface area contributed by atoms with Gasteiger partial charge in [-0.3, -0.25) is 9.36 Å². The van der Waals surface area contributed by atoms with E-state index in [2.05, 4.69) is 47.6 Å². The van der Waals surface area contributed by atoms with Gasteiger partial charge in [0.05, 0.1) is 5.75 Å². The Morgan fingerprint density at radius 2 is 1.69 bits per heavy atom. The molecule has 32 heavy (non-hydrogen) atoms. The maximum absolute atomic E-state index is 12.8. The molecule has 0 bridgehead atoms. The lowest BCUT2D eigenvalue weighted by molar-refractivity contribution is -0.113. The fourth-order valence-electron chi connectivity index (χ4n) is 3.57. The van der Waals surface area contributed by atoms with Crippen molar-refractivity contribution in [3.63, 3.8) is 0 Å². The molecule has 0 fully saturated rings. The van der Waals surface area contributed by atoms with Crippen LogP contribution in [0.3, 0.4) is 0 Å². The van der Waals surface area contributed by atoms with Gasteiger partial charge in [0.2, 0.25) is 5.91 Å². The molecule has 0 aliphatic rings. The van der Waals surface area contributed by atoms with Crippen molar-refractivity contribution in [2.24, 2.45) is 0 Å². The molecule has 0 saturated heterocycles. The average Bonchev–Trinajstić information content (AvgIpc) is 3.24. The summed E-state index contributed by atoms with van der Waals surface area (Å²) in [5.41, 5.74) is 6.24. The Kier molecular flexibility index (Phi) is 6.71. The predicted molar refractivity (Wildman–Crippen MR) is 131 cm³/mol. The van der Waals surface area contributed by atoms with Gasteiger partial charge in [0, 0.05) is 16.9 Å². The van der Waals surface area contributed by atoms with Gasteiger partial charge in [-0.1, -0.05) is 84.9 Å². The van der Waals surface area contributed by atoms with E-state index in [1.807, 2.05) is 66.1 Å². The van der Waals surface area contributed by atoms with Gasteiger partial charge < -0.3 is 5.32 Å². The first-order valence-corrected chi connectivity index (χ1v) is 11.6. The van der Waals surface area contributed by atoms with Gasteiger partial charge in [-0.15, -0.1) is 10.2 Å². The number of para-hydroxylation sites is 2. The Morgan fingerprint density at radius 3 is 2.41 bits per heavy atom. The van der Waals surface area contributed by atoms with Crippen LogP contribution in [0.5, 0.6) is 0 Å². The molecule has 1 heterocycles. The molecular formula is C26H26N4OS. The first-order chi connectivity index (χ1) is 15.6. The molecule has 4 rings (SSSR count). The van der Waals surface area contributed by atoms with Crippen molar-refractivity contribution >= 4 is 23.4 Å². The molecule has 5 nitrogen and oxygen atoms in total. The Bertz CT molecular complexity index is 1220. The fourth-order valence-corrected chi connectivity index (χ4v) is 4.32. The number of carbonyl (C=O) groups excluding carboxylic acids is 1. The maximum Gasteiger partial charge on any atom is 0.234 e. The lowest BCUT2D eigenvalue weighted by Crippen LogP contribution is -2.16. The normalized spacial score (nSPS) is 10.8. The minimum absolute atomic E-state index is 0.0569. The van der Waals surface area contributed by atoms with Crippen LogP contribution in [0.4, 0.5) is 5.69 Å². The number of aromatic nitrogens is 3. The summed E-state index contributed by atoms with van der Waals surface area (Å²) >= 11 is 1.38. The first kappa shape index (κ1) is 21.8. The van der Waals surface area contributed by atoms with Crippen molar-refractivity contribution in [2.75, 3.05) is 11.1 Å². The fraction of sp³-hybridized carbons (Fsp3) is 0.192. The molecule has 0 saturated carbocycles. The first-order valence-electron chi connectivity index (χ1n) is 10.7. The number of thioether (sulfide) groups is 1. The van der Waals surface area contributed by atoms with Crippen LogP contribution in [0.25, 0.3) is 17.1 Å². The molecule has 0 aliphatic heterocycles. The summed E-state index contributed by atoms with van der Waals surface area (Å²) in [4.78, 5) is 12.8. The van der Waals surface area contributed by atoms with E-state index in [9.17, 15) is 4.79 Å². The predicted octanol–water partition coefficient (Wildman–Crippen LogP) is 5.84. The van der Waals surface area contributed by atoms with Crippen molar-refractivity contribution in [1.82, 2.24) is 14.8 Å². The number of nitrogens with zero attached hydrogens (tertiary/aromatic N) is 3. The molecule has 6 heteroatoms. The zero-order valence-corrected chi connectivity index (χ0v) is 19.3. The van der Waals surface area contributed by atoms with Gasteiger partial charge in [-0.05, 0) is 43.5 Å². The van der Waals surface area contributed by atoms with Crippen molar-refractivity contribution in [2.45, 2.75) is 32.3 Å². The second-order valence-corrected chi connectivity index (χ2v) is 8.59. The largest absolute Gasteiger partial charge is 0.325 e. The second kappa shape index (κ2) is 9.83. The Balaban J connectivity index is 1.59. The molecule has 1 amide bonds. The van der Waals surface area contributed by atoms with Crippen LogP contribution in [0.1, 0.15) is 23.6 Å². The van der Waals surface area contributed by atoms with Crippen LogP contribution in [0, 0.1) is 13.8 Å². The zero-order valence-electron chi connectivity index (χ0n) is 18.5. The third-order valence-corrected chi connectivity index (χ3v) is 6.22. The Hall–Kier alpha value is -3.38. The summed E-state index contributed by atoms with van der Waals surface area (Å²) in [6, 6.07) is 24.3. The molecule has 1 aromatic heterocycles. The van der Waals surface area contributed by atoms with Crippen LogP contribution < -0.4 is 5.32 Å². The van der Waals surface area contributed by atoms with Crippen LogP contribution in [-0.4, -0.2) is 26.4 Å². The molecule has 162 valence electrons.